The van der Waals surface area contributed by atoms with E-state index in [1.807, 2.05) is 0 Å². The molecule has 0 radical (unpaired) electrons. The van der Waals surface area contributed by atoms with Gasteiger partial charge in [-0.2, -0.15) is 0 Å². The van der Waals surface area contributed by atoms with Crippen molar-refractivity contribution in [3.05, 3.63) is 29.8 Å². The lowest BCUT2D eigenvalue weighted by molar-refractivity contribution is 0.151. The third-order valence-electron chi connectivity index (χ3n) is 1.80. The van der Waals surface area contributed by atoms with Gasteiger partial charge in [-0.25, -0.2) is 8.78 Å². The molecule has 4 nitrogen and oxygen atoms in total. The second-order valence-corrected chi connectivity index (χ2v) is 2.82. The average Bonchev–Trinajstić information content (AvgIpc) is 2.65. The molecule has 0 saturated heterocycles. The quantitative estimate of drug-likeness (QED) is 0.830. The van der Waals surface area contributed by atoms with E-state index in [1.54, 1.807) is 6.07 Å². The number of aromatic hydroxyl groups is 1. The van der Waals surface area contributed by atoms with Crippen LogP contribution < -0.4 is 0 Å². The fraction of sp³-hybridized carbons (Fsp3) is 0.111. The first-order valence-electron chi connectivity index (χ1n) is 4.08. The number of alkyl halides is 2. The lowest BCUT2D eigenvalue weighted by atomic mass is 10.1. The van der Waals surface area contributed by atoms with Gasteiger partial charge in [0.1, 0.15) is 0 Å². The second-order valence-electron chi connectivity index (χ2n) is 2.82. The molecule has 0 bridgehead atoms. The first kappa shape index (κ1) is 9.57. The summed E-state index contributed by atoms with van der Waals surface area (Å²) in [4.78, 5) is 0. The zero-order valence-electron chi connectivity index (χ0n) is 7.39. The van der Waals surface area contributed by atoms with Crippen molar-refractivity contribution in [3.8, 4) is 17.5 Å². The molecule has 2 aromatic rings. The van der Waals surface area contributed by atoms with E-state index in [0.717, 1.165) is 0 Å². The predicted octanol–water partition coefficient (Wildman–Crippen LogP) is 2.38. The van der Waals surface area contributed by atoms with Gasteiger partial charge in [0, 0.05) is 11.1 Å². The molecular weight excluding hydrogens is 206 g/mol. The Bertz CT molecular complexity index is 471. The van der Waals surface area contributed by atoms with Gasteiger partial charge in [0.05, 0.1) is 0 Å². The molecule has 0 atom stereocenters. The SMILES string of the molecule is Oc1nnc(-c2cccc(C(F)F)c2)o1. The highest BCUT2D eigenvalue weighted by molar-refractivity contribution is 5.54. The van der Waals surface area contributed by atoms with Gasteiger partial charge < -0.3 is 9.52 Å². The highest BCUT2D eigenvalue weighted by atomic mass is 19.3. The molecule has 0 aliphatic heterocycles. The molecule has 1 N–H and O–H groups in total. The molecule has 1 aromatic carbocycles. The molecule has 1 heterocycles. The lowest BCUT2D eigenvalue weighted by Crippen LogP contribution is -1.85. The summed E-state index contributed by atoms with van der Waals surface area (Å²) in [6.45, 7) is 0. The van der Waals surface area contributed by atoms with Crippen molar-refractivity contribution < 1.29 is 18.3 Å². The number of nitrogens with zero attached hydrogens (tertiary/aromatic N) is 2. The molecule has 2 rings (SSSR count). The number of halogens is 2. The molecule has 0 unspecified atom stereocenters. The largest absolute Gasteiger partial charge is 0.465 e. The summed E-state index contributed by atoms with van der Waals surface area (Å²) >= 11 is 0. The van der Waals surface area contributed by atoms with Gasteiger partial charge in [-0.3, -0.25) is 0 Å². The van der Waals surface area contributed by atoms with E-state index in [1.165, 1.54) is 18.2 Å². The van der Waals surface area contributed by atoms with E-state index in [0.29, 0.717) is 5.56 Å². The van der Waals surface area contributed by atoms with Gasteiger partial charge in [-0.15, -0.1) is 5.10 Å². The van der Waals surface area contributed by atoms with E-state index >= 15 is 0 Å². The molecule has 78 valence electrons. The van der Waals surface area contributed by atoms with E-state index in [-0.39, 0.29) is 11.5 Å². The maximum atomic E-state index is 12.4. The Morgan fingerprint density at radius 3 is 2.67 bits per heavy atom. The summed E-state index contributed by atoms with van der Waals surface area (Å²) in [5.41, 5.74) is 0.214. The summed E-state index contributed by atoms with van der Waals surface area (Å²) < 4.78 is 29.4. The summed E-state index contributed by atoms with van der Waals surface area (Å²) in [5, 5.41) is 15.5. The van der Waals surface area contributed by atoms with Gasteiger partial charge in [-0.05, 0) is 12.1 Å². The van der Waals surface area contributed by atoms with Crippen LogP contribution in [0.4, 0.5) is 8.78 Å². The van der Waals surface area contributed by atoms with Crippen molar-refractivity contribution >= 4 is 0 Å². The van der Waals surface area contributed by atoms with Gasteiger partial charge in [-0.1, -0.05) is 17.2 Å². The van der Waals surface area contributed by atoms with E-state index < -0.39 is 12.5 Å². The van der Waals surface area contributed by atoms with Crippen LogP contribution in [-0.2, 0) is 0 Å². The zero-order chi connectivity index (χ0) is 10.8. The van der Waals surface area contributed by atoms with Crippen molar-refractivity contribution in [2.75, 3.05) is 0 Å². The van der Waals surface area contributed by atoms with Crippen LogP contribution >= 0.6 is 0 Å². The van der Waals surface area contributed by atoms with Crippen LogP contribution in [0.2, 0.25) is 0 Å². The molecule has 6 heteroatoms. The van der Waals surface area contributed by atoms with Crippen molar-refractivity contribution in [3.63, 3.8) is 0 Å². The van der Waals surface area contributed by atoms with Gasteiger partial charge >= 0.3 is 6.08 Å². The molecular formula is C9H6F2N2O2. The normalized spacial score (nSPS) is 10.9. The molecule has 0 aliphatic carbocycles. The maximum absolute atomic E-state index is 12.4. The first-order valence-corrected chi connectivity index (χ1v) is 4.08. The maximum Gasteiger partial charge on any atom is 0.412 e. The molecule has 0 aliphatic rings. The zero-order valence-corrected chi connectivity index (χ0v) is 7.39. The Labute approximate surface area is 83.2 Å². The van der Waals surface area contributed by atoms with Crippen LogP contribution in [-0.4, -0.2) is 15.3 Å². The molecule has 0 fully saturated rings. The minimum absolute atomic E-state index is 0.00926. The monoisotopic (exact) mass is 212 g/mol. The minimum atomic E-state index is -2.55. The van der Waals surface area contributed by atoms with E-state index in [4.69, 9.17) is 9.52 Å². The van der Waals surface area contributed by atoms with Crippen LogP contribution in [0, 0.1) is 0 Å². The lowest BCUT2D eigenvalue weighted by Gasteiger charge is -2.00. The average molecular weight is 212 g/mol. The van der Waals surface area contributed by atoms with Crippen molar-refractivity contribution in [1.82, 2.24) is 10.2 Å². The standard InChI is InChI=1S/C9H6F2N2O2/c10-7(11)5-2-1-3-6(4-5)8-12-13-9(14)15-8/h1-4,7H,(H,13,14). The highest BCUT2D eigenvalue weighted by Crippen LogP contribution is 2.25. The Kier molecular flexibility index (Phi) is 2.32. The van der Waals surface area contributed by atoms with Crippen molar-refractivity contribution in [2.45, 2.75) is 6.43 Å². The Balaban J connectivity index is 2.41. The topological polar surface area (TPSA) is 59.2 Å². The van der Waals surface area contributed by atoms with Crippen LogP contribution in [0.1, 0.15) is 12.0 Å². The fourth-order valence-corrected chi connectivity index (χ4v) is 1.14. The second kappa shape index (κ2) is 3.64. The third kappa shape index (κ3) is 1.93. The molecule has 0 spiro atoms. The highest BCUT2D eigenvalue weighted by Gasteiger charge is 2.11. The molecule has 0 saturated carbocycles. The number of hydrogen-bond donors (Lipinski definition) is 1. The third-order valence-corrected chi connectivity index (χ3v) is 1.80. The van der Waals surface area contributed by atoms with Gasteiger partial charge in [0.25, 0.3) is 12.3 Å². The number of aromatic nitrogens is 2. The van der Waals surface area contributed by atoms with Gasteiger partial charge in [0.2, 0.25) is 0 Å². The number of rotatable bonds is 2. The summed E-state index contributed by atoms with van der Waals surface area (Å²) in [7, 11) is 0. The van der Waals surface area contributed by atoms with E-state index in [9.17, 15) is 8.78 Å². The summed E-state index contributed by atoms with van der Waals surface area (Å²) in [6.07, 6.45) is -3.14. The van der Waals surface area contributed by atoms with Crippen LogP contribution in [0.3, 0.4) is 0 Å². The van der Waals surface area contributed by atoms with Crippen LogP contribution in [0.5, 0.6) is 6.08 Å². The van der Waals surface area contributed by atoms with Crippen LogP contribution in [0.25, 0.3) is 11.5 Å². The Hall–Kier alpha value is -1.98. The number of benzene rings is 1. The van der Waals surface area contributed by atoms with E-state index in [2.05, 4.69) is 10.2 Å². The summed E-state index contributed by atoms with van der Waals surface area (Å²) in [6, 6.07) is 5.53. The molecule has 15 heavy (non-hydrogen) atoms. The van der Waals surface area contributed by atoms with Crippen LogP contribution in [0.15, 0.2) is 28.7 Å². The minimum Gasteiger partial charge on any atom is -0.465 e. The Morgan fingerprint density at radius 1 is 1.27 bits per heavy atom. The summed E-state index contributed by atoms with van der Waals surface area (Å²) in [5.74, 6) is 0.00926. The number of hydrogen-bond acceptors (Lipinski definition) is 4. The molecule has 0 amide bonds. The molecule has 1 aromatic heterocycles. The van der Waals surface area contributed by atoms with Crippen molar-refractivity contribution in [1.29, 1.82) is 0 Å². The van der Waals surface area contributed by atoms with Crippen molar-refractivity contribution in [2.24, 2.45) is 0 Å². The fourth-order valence-electron chi connectivity index (χ4n) is 1.14. The smallest absolute Gasteiger partial charge is 0.412 e. The first-order chi connectivity index (χ1) is 7.16. The predicted molar refractivity (Wildman–Crippen MR) is 46.4 cm³/mol. The van der Waals surface area contributed by atoms with Gasteiger partial charge in [0.15, 0.2) is 0 Å². The Morgan fingerprint density at radius 2 is 2.07 bits per heavy atom.